The Labute approximate surface area is 80.2 Å². The highest BCUT2D eigenvalue weighted by atomic mass is 19.1. The van der Waals surface area contributed by atoms with E-state index in [0.717, 1.165) is 17.5 Å². The summed E-state index contributed by atoms with van der Waals surface area (Å²) in [5.41, 5.74) is 2.34. The van der Waals surface area contributed by atoms with Gasteiger partial charge >= 0.3 is 0 Å². The number of aromatic amines is 1. The van der Waals surface area contributed by atoms with Gasteiger partial charge in [0, 0.05) is 11.1 Å². The molecule has 0 radical (unpaired) electrons. The zero-order valence-corrected chi connectivity index (χ0v) is 7.63. The molecule has 2 heterocycles. The Bertz CT molecular complexity index is 522. The standard InChI is InChI=1S/C10H8FN3/c1-6-8(2-3-12)9-4-7(11)5-13-10(9)14-6/h4-5H,2H2,1H3,(H,13,14). The van der Waals surface area contributed by atoms with E-state index >= 15 is 0 Å². The van der Waals surface area contributed by atoms with Crippen molar-refractivity contribution in [3.05, 3.63) is 29.3 Å². The second-order valence-electron chi connectivity index (χ2n) is 3.11. The maximum atomic E-state index is 12.9. The fraction of sp³-hybridized carbons (Fsp3) is 0.200. The average molecular weight is 189 g/mol. The molecule has 4 heteroatoms. The topological polar surface area (TPSA) is 52.5 Å². The van der Waals surface area contributed by atoms with Crippen molar-refractivity contribution in [1.82, 2.24) is 9.97 Å². The van der Waals surface area contributed by atoms with Gasteiger partial charge in [0.15, 0.2) is 0 Å². The van der Waals surface area contributed by atoms with Crippen molar-refractivity contribution in [1.29, 1.82) is 5.26 Å². The van der Waals surface area contributed by atoms with Gasteiger partial charge in [0.1, 0.15) is 11.5 Å². The average Bonchev–Trinajstić information content (AvgIpc) is 2.45. The minimum atomic E-state index is -0.379. The van der Waals surface area contributed by atoms with Crippen LogP contribution in [-0.4, -0.2) is 9.97 Å². The molecule has 0 aliphatic carbocycles. The van der Waals surface area contributed by atoms with Crippen molar-refractivity contribution >= 4 is 11.0 Å². The molecule has 0 atom stereocenters. The summed E-state index contributed by atoms with van der Waals surface area (Å²) in [7, 11) is 0. The van der Waals surface area contributed by atoms with Crippen LogP contribution in [0.15, 0.2) is 12.3 Å². The molecular weight excluding hydrogens is 181 g/mol. The number of H-pyrrole nitrogens is 1. The third-order valence-corrected chi connectivity index (χ3v) is 2.19. The number of aromatic nitrogens is 2. The second-order valence-corrected chi connectivity index (χ2v) is 3.11. The number of aryl methyl sites for hydroxylation is 1. The van der Waals surface area contributed by atoms with Crippen LogP contribution in [-0.2, 0) is 6.42 Å². The molecule has 0 unspecified atom stereocenters. The Morgan fingerprint density at radius 3 is 3.14 bits per heavy atom. The predicted molar refractivity (Wildman–Crippen MR) is 50.1 cm³/mol. The molecule has 0 saturated carbocycles. The first-order chi connectivity index (χ1) is 6.72. The summed E-state index contributed by atoms with van der Waals surface area (Å²) in [6, 6.07) is 3.45. The number of nitrogens with zero attached hydrogens (tertiary/aromatic N) is 2. The molecule has 70 valence electrons. The number of pyridine rings is 1. The Morgan fingerprint density at radius 1 is 1.64 bits per heavy atom. The molecule has 3 nitrogen and oxygen atoms in total. The lowest BCUT2D eigenvalue weighted by molar-refractivity contribution is 0.624. The van der Waals surface area contributed by atoms with E-state index in [1.807, 2.05) is 6.92 Å². The van der Waals surface area contributed by atoms with E-state index < -0.39 is 0 Å². The van der Waals surface area contributed by atoms with Crippen LogP contribution in [0, 0.1) is 24.1 Å². The van der Waals surface area contributed by atoms with Crippen LogP contribution in [0.5, 0.6) is 0 Å². The Hall–Kier alpha value is -1.89. The fourth-order valence-electron chi connectivity index (χ4n) is 1.53. The van der Waals surface area contributed by atoms with Crippen LogP contribution in [0.1, 0.15) is 11.3 Å². The minimum Gasteiger partial charge on any atom is -0.343 e. The van der Waals surface area contributed by atoms with Gasteiger partial charge in [-0.15, -0.1) is 0 Å². The van der Waals surface area contributed by atoms with Crippen LogP contribution in [0.2, 0.25) is 0 Å². The van der Waals surface area contributed by atoms with Gasteiger partial charge in [0.2, 0.25) is 0 Å². The molecule has 0 bridgehead atoms. The number of rotatable bonds is 1. The summed E-state index contributed by atoms with van der Waals surface area (Å²) in [5, 5.41) is 9.31. The molecule has 2 aromatic rings. The molecule has 0 aliphatic rings. The second kappa shape index (κ2) is 3.11. The van der Waals surface area contributed by atoms with Crippen LogP contribution in [0.25, 0.3) is 11.0 Å². The molecule has 2 rings (SSSR count). The highest BCUT2D eigenvalue weighted by Gasteiger charge is 2.09. The van der Waals surface area contributed by atoms with Crippen LogP contribution in [0.3, 0.4) is 0 Å². The van der Waals surface area contributed by atoms with Gasteiger partial charge in [-0.1, -0.05) is 0 Å². The Balaban J connectivity index is 2.74. The van der Waals surface area contributed by atoms with Gasteiger partial charge in [-0.3, -0.25) is 0 Å². The molecule has 0 spiro atoms. The number of halogens is 1. The highest BCUT2D eigenvalue weighted by Crippen LogP contribution is 2.21. The van der Waals surface area contributed by atoms with E-state index in [0.29, 0.717) is 11.0 Å². The zero-order chi connectivity index (χ0) is 10.1. The molecule has 0 aliphatic heterocycles. The van der Waals surface area contributed by atoms with Crippen molar-refractivity contribution in [2.75, 3.05) is 0 Å². The summed E-state index contributed by atoms with van der Waals surface area (Å²) in [6.07, 6.45) is 1.44. The third kappa shape index (κ3) is 1.23. The van der Waals surface area contributed by atoms with E-state index in [9.17, 15) is 4.39 Å². The van der Waals surface area contributed by atoms with Gasteiger partial charge in [-0.05, 0) is 18.6 Å². The van der Waals surface area contributed by atoms with E-state index in [1.165, 1.54) is 6.07 Å². The maximum Gasteiger partial charge on any atom is 0.142 e. The van der Waals surface area contributed by atoms with Crippen LogP contribution >= 0.6 is 0 Å². The van der Waals surface area contributed by atoms with Crippen molar-refractivity contribution in [3.8, 4) is 6.07 Å². The van der Waals surface area contributed by atoms with Gasteiger partial charge < -0.3 is 4.98 Å². The summed E-state index contributed by atoms with van der Waals surface area (Å²) >= 11 is 0. The summed E-state index contributed by atoms with van der Waals surface area (Å²) in [6.45, 7) is 1.85. The largest absolute Gasteiger partial charge is 0.343 e. The van der Waals surface area contributed by atoms with Gasteiger partial charge in [-0.25, -0.2) is 9.37 Å². The van der Waals surface area contributed by atoms with E-state index in [2.05, 4.69) is 16.0 Å². The lowest BCUT2D eigenvalue weighted by atomic mass is 10.1. The van der Waals surface area contributed by atoms with Gasteiger partial charge in [0.25, 0.3) is 0 Å². The maximum absolute atomic E-state index is 12.9. The predicted octanol–water partition coefficient (Wildman–Crippen LogP) is 2.08. The smallest absolute Gasteiger partial charge is 0.142 e. The normalized spacial score (nSPS) is 10.4. The van der Waals surface area contributed by atoms with Crippen LogP contribution < -0.4 is 0 Å². The first-order valence-electron chi connectivity index (χ1n) is 4.22. The van der Waals surface area contributed by atoms with E-state index in [1.54, 1.807) is 0 Å². The first-order valence-corrected chi connectivity index (χ1v) is 4.22. The lowest BCUT2D eigenvalue weighted by Gasteiger charge is -1.92. The fourth-order valence-corrected chi connectivity index (χ4v) is 1.53. The molecule has 0 saturated heterocycles. The monoisotopic (exact) mass is 189 g/mol. The highest BCUT2D eigenvalue weighted by molar-refractivity contribution is 5.81. The zero-order valence-electron chi connectivity index (χ0n) is 7.63. The summed E-state index contributed by atoms with van der Waals surface area (Å²) < 4.78 is 12.9. The molecule has 0 amide bonds. The number of nitriles is 1. The Morgan fingerprint density at radius 2 is 2.43 bits per heavy atom. The van der Waals surface area contributed by atoms with Gasteiger partial charge in [0.05, 0.1) is 18.7 Å². The van der Waals surface area contributed by atoms with Crippen molar-refractivity contribution < 1.29 is 4.39 Å². The number of hydrogen-bond donors (Lipinski definition) is 1. The molecule has 0 aromatic carbocycles. The lowest BCUT2D eigenvalue weighted by Crippen LogP contribution is -1.83. The molecule has 14 heavy (non-hydrogen) atoms. The third-order valence-electron chi connectivity index (χ3n) is 2.19. The Kier molecular flexibility index (Phi) is 1.93. The minimum absolute atomic E-state index is 0.275. The van der Waals surface area contributed by atoms with Crippen molar-refractivity contribution in [2.45, 2.75) is 13.3 Å². The SMILES string of the molecule is Cc1[nH]c2ncc(F)cc2c1CC#N. The number of nitrogens with one attached hydrogen (secondary N) is 1. The number of hydrogen-bond acceptors (Lipinski definition) is 2. The quantitative estimate of drug-likeness (QED) is 0.746. The number of fused-ring (bicyclic) bond motifs is 1. The van der Waals surface area contributed by atoms with E-state index in [4.69, 9.17) is 5.26 Å². The molecule has 0 fully saturated rings. The molecule has 1 N–H and O–H groups in total. The molecule has 2 aromatic heterocycles. The first kappa shape index (κ1) is 8.70. The summed E-state index contributed by atoms with van der Waals surface area (Å²) in [4.78, 5) is 6.91. The molecular formula is C10H8FN3. The van der Waals surface area contributed by atoms with Crippen LogP contribution in [0.4, 0.5) is 4.39 Å². The van der Waals surface area contributed by atoms with Crippen molar-refractivity contribution in [3.63, 3.8) is 0 Å². The van der Waals surface area contributed by atoms with E-state index in [-0.39, 0.29) is 12.2 Å². The summed E-state index contributed by atoms with van der Waals surface area (Å²) in [5.74, 6) is -0.379. The van der Waals surface area contributed by atoms with Crippen molar-refractivity contribution in [2.24, 2.45) is 0 Å². The van der Waals surface area contributed by atoms with Gasteiger partial charge in [-0.2, -0.15) is 5.26 Å².